The second-order valence-electron chi connectivity index (χ2n) is 2.58. The van der Waals surface area contributed by atoms with Gasteiger partial charge in [-0.05, 0) is 6.42 Å². The minimum Gasteiger partial charge on any atom is -0.356 e. The van der Waals surface area contributed by atoms with Gasteiger partial charge >= 0.3 is 34.3 Å². The Bertz CT molecular complexity index is 209. The maximum Gasteiger partial charge on any atom is 0.220 e. The summed E-state index contributed by atoms with van der Waals surface area (Å²) in [4.78, 5) is 21.5. The molecule has 1 atom stereocenters. The number of nitrogens with one attached hydrogen (secondary N) is 1. The molecule has 1 aliphatic rings. The van der Waals surface area contributed by atoms with Crippen molar-refractivity contribution in [3.05, 3.63) is 24.1 Å². The number of hydrogen-bond donors (Lipinski definition) is 2. The molecule has 1 rings (SSSR count). The zero-order chi connectivity index (χ0) is 12.1. The summed E-state index contributed by atoms with van der Waals surface area (Å²) >= 11 is 1.55. The van der Waals surface area contributed by atoms with Gasteiger partial charge in [-0.1, -0.05) is 6.08 Å². The molecular weight excluding hydrogens is 257 g/mol. The molecule has 15 heavy (non-hydrogen) atoms. The summed E-state index contributed by atoms with van der Waals surface area (Å²) in [5, 5.41) is 10.5. The summed E-state index contributed by atoms with van der Waals surface area (Å²) < 4.78 is 0. The minimum atomic E-state index is -0.829. The van der Waals surface area contributed by atoms with Crippen molar-refractivity contribution in [2.24, 2.45) is 0 Å². The third kappa shape index (κ3) is 19.4. The topological polar surface area (TPSA) is 66.4 Å². The molecule has 0 saturated carbocycles. The molecule has 2 N–H and O–H groups in total. The van der Waals surface area contributed by atoms with Crippen LogP contribution in [-0.4, -0.2) is 40.4 Å². The van der Waals surface area contributed by atoms with Crippen LogP contribution in [0.1, 0.15) is 19.3 Å². The molecule has 0 bridgehead atoms. The zero-order valence-electron chi connectivity index (χ0n) is 8.74. The smallest absolute Gasteiger partial charge is 0.220 e. The maximum atomic E-state index is 10.1. The Labute approximate surface area is 98.9 Å². The van der Waals surface area contributed by atoms with Crippen LogP contribution in [0.3, 0.4) is 0 Å². The fourth-order valence-electron chi connectivity index (χ4n) is 0.689. The molecule has 0 aromatic carbocycles. The first kappa shape index (κ1) is 16.4. The maximum absolute atomic E-state index is 10.1. The first-order chi connectivity index (χ1) is 7.08. The van der Waals surface area contributed by atoms with Crippen molar-refractivity contribution < 1.29 is 14.7 Å². The molecule has 1 saturated heterocycles. The predicted octanol–water partition coefficient (Wildman–Crippen LogP) is 0.306. The number of amides is 1. The molecule has 1 heterocycles. The minimum absolute atomic E-state index is 0.0556. The van der Waals surface area contributed by atoms with Gasteiger partial charge in [-0.15, -0.1) is 6.58 Å². The molecule has 5 heteroatoms. The van der Waals surface area contributed by atoms with E-state index in [-0.39, 0.29) is 12.3 Å². The number of carboxylic acids is 1. The van der Waals surface area contributed by atoms with E-state index in [9.17, 15) is 9.59 Å². The van der Waals surface area contributed by atoms with Gasteiger partial charge in [0.1, 0.15) is 0 Å². The van der Waals surface area contributed by atoms with Crippen molar-refractivity contribution in [2.45, 2.75) is 19.3 Å². The Morgan fingerprint density at radius 3 is 2.20 bits per heavy atom. The average Bonchev–Trinajstić information content (AvgIpc) is 2.58. The summed E-state index contributed by atoms with van der Waals surface area (Å²) in [5.41, 5.74) is 0. The Balaban J connectivity index is 0. The van der Waals surface area contributed by atoms with Gasteiger partial charge in [0.15, 0.2) is 0 Å². The Morgan fingerprint density at radius 2 is 2.13 bits per heavy atom. The zero-order valence-corrected chi connectivity index (χ0v) is 11.2. The number of hydrogen-bond acceptors (Lipinski definition) is 2. The van der Waals surface area contributed by atoms with Gasteiger partial charge in [0, 0.05) is 13.0 Å². The molecule has 1 unspecified atom stereocenters. The third-order valence-corrected chi connectivity index (χ3v) is 1.22. The van der Waals surface area contributed by atoms with Crippen molar-refractivity contribution in [1.29, 1.82) is 0 Å². The van der Waals surface area contributed by atoms with Crippen LogP contribution in [0.5, 0.6) is 0 Å². The Hall–Kier alpha value is -1.02. The van der Waals surface area contributed by atoms with Crippen LogP contribution in [0, 0.1) is 0 Å². The van der Waals surface area contributed by atoms with Gasteiger partial charge in [-0.3, -0.25) is 9.59 Å². The van der Waals surface area contributed by atoms with Crippen LogP contribution in [-0.2, 0) is 9.59 Å². The average molecular weight is 275 g/mol. The SMILES string of the molecule is C=CCC(=O)O.C=C[AsH2].O=C1CCCN1. The van der Waals surface area contributed by atoms with Crippen molar-refractivity contribution in [2.75, 3.05) is 6.54 Å². The van der Waals surface area contributed by atoms with E-state index in [1.54, 1.807) is 16.9 Å². The van der Waals surface area contributed by atoms with E-state index in [1.165, 1.54) is 6.08 Å². The molecule has 86 valence electrons. The predicted molar refractivity (Wildman–Crippen MR) is 63.4 cm³/mol. The number of carbonyl (C=O) groups excluding carboxylic acids is 1. The Morgan fingerprint density at radius 1 is 1.60 bits per heavy atom. The van der Waals surface area contributed by atoms with Crippen LogP contribution in [0.25, 0.3) is 0 Å². The molecule has 1 amide bonds. The van der Waals surface area contributed by atoms with Crippen LogP contribution < -0.4 is 5.32 Å². The molecule has 0 aliphatic carbocycles. The summed E-state index contributed by atoms with van der Waals surface area (Å²) in [6, 6.07) is 0. The summed E-state index contributed by atoms with van der Waals surface area (Å²) in [6.45, 7) is 7.50. The molecule has 0 aromatic rings. The van der Waals surface area contributed by atoms with E-state index in [0.717, 1.165) is 19.4 Å². The molecule has 0 aromatic heterocycles. The van der Waals surface area contributed by atoms with Gasteiger partial charge in [-0.25, -0.2) is 0 Å². The molecular formula is C10H18AsNO3. The van der Waals surface area contributed by atoms with Crippen molar-refractivity contribution in [3.63, 3.8) is 0 Å². The van der Waals surface area contributed by atoms with E-state index < -0.39 is 5.97 Å². The third-order valence-electron chi connectivity index (χ3n) is 1.22. The number of carbonyl (C=O) groups is 2. The normalized spacial score (nSPS) is 12.2. The van der Waals surface area contributed by atoms with E-state index in [1.807, 2.05) is 4.86 Å². The molecule has 4 nitrogen and oxygen atoms in total. The first-order valence-electron chi connectivity index (χ1n) is 4.50. The largest absolute Gasteiger partial charge is 0.356 e. The van der Waals surface area contributed by atoms with Crippen LogP contribution in [0.15, 0.2) is 24.1 Å². The van der Waals surface area contributed by atoms with Crippen LogP contribution in [0.4, 0.5) is 0 Å². The molecule has 0 spiro atoms. The number of rotatable bonds is 2. The molecule has 0 radical (unpaired) electrons. The quantitative estimate of drug-likeness (QED) is 0.563. The van der Waals surface area contributed by atoms with Gasteiger partial charge < -0.3 is 10.4 Å². The van der Waals surface area contributed by atoms with Gasteiger partial charge in [0.25, 0.3) is 0 Å². The monoisotopic (exact) mass is 275 g/mol. The van der Waals surface area contributed by atoms with Crippen LogP contribution in [0.2, 0.25) is 0 Å². The van der Waals surface area contributed by atoms with E-state index in [2.05, 4.69) is 18.5 Å². The van der Waals surface area contributed by atoms with E-state index in [0.29, 0.717) is 0 Å². The van der Waals surface area contributed by atoms with Crippen LogP contribution >= 0.6 is 0 Å². The summed E-state index contributed by atoms with van der Waals surface area (Å²) in [6.07, 6.45) is 3.17. The van der Waals surface area contributed by atoms with E-state index >= 15 is 0 Å². The molecule has 1 aliphatic heterocycles. The van der Waals surface area contributed by atoms with Crippen molar-refractivity contribution in [3.8, 4) is 0 Å². The second-order valence-corrected chi connectivity index (χ2v) is 3.56. The fourth-order valence-corrected chi connectivity index (χ4v) is 0.689. The summed E-state index contributed by atoms with van der Waals surface area (Å²) in [7, 11) is 0. The van der Waals surface area contributed by atoms with Crippen molar-refractivity contribution >= 4 is 28.7 Å². The van der Waals surface area contributed by atoms with Crippen molar-refractivity contribution in [1.82, 2.24) is 5.32 Å². The van der Waals surface area contributed by atoms with Gasteiger partial charge in [0.05, 0.1) is 6.42 Å². The summed E-state index contributed by atoms with van der Waals surface area (Å²) in [5.74, 6) is -0.625. The number of aliphatic carboxylic acids is 1. The molecule has 1 fully saturated rings. The first-order valence-corrected chi connectivity index (χ1v) is 5.90. The number of carboxylic acid groups (broad SMARTS) is 1. The second kappa shape index (κ2) is 13.0. The fraction of sp³-hybridized carbons (Fsp3) is 0.400. The Kier molecular flexibility index (Phi) is 14.2. The standard InChI is InChI=1S/C4H7NO.C4H6O2.C2H5As/c6-4-2-1-3-5-4;1-2-3-4(5)6;1-2-3/h1-3H2,(H,5,6);2H,1,3H2,(H,5,6);2H,1,3H2. The van der Waals surface area contributed by atoms with Gasteiger partial charge in [0.2, 0.25) is 5.91 Å². The van der Waals surface area contributed by atoms with Gasteiger partial charge in [-0.2, -0.15) is 0 Å². The van der Waals surface area contributed by atoms with E-state index in [4.69, 9.17) is 5.11 Å².